The quantitative estimate of drug-likeness (QED) is 0.885. The van der Waals surface area contributed by atoms with Crippen LogP contribution in [-0.4, -0.2) is 50.2 Å². The summed E-state index contributed by atoms with van der Waals surface area (Å²) in [5.74, 6) is 1.77. The van der Waals surface area contributed by atoms with Gasteiger partial charge in [0, 0.05) is 31.7 Å². The number of hydrogen-bond acceptors (Lipinski definition) is 4. The first kappa shape index (κ1) is 14.2. The maximum atomic E-state index is 12.6. The molecular weight excluding hydrogens is 268 g/mol. The second-order valence-electron chi connectivity index (χ2n) is 5.83. The van der Waals surface area contributed by atoms with Crippen LogP contribution in [0.5, 0.6) is 11.5 Å². The Morgan fingerprint density at radius 1 is 1.48 bits per heavy atom. The molecule has 1 N–H and O–H groups in total. The number of ether oxygens (including phenoxy) is 2. The molecule has 2 aliphatic heterocycles. The Morgan fingerprint density at radius 2 is 2.33 bits per heavy atom. The fraction of sp³-hybridized carbons (Fsp3) is 0.562. The molecule has 21 heavy (non-hydrogen) atoms. The van der Waals surface area contributed by atoms with E-state index in [0.717, 1.165) is 43.1 Å². The van der Waals surface area contributed by atoms with Crippen molar-refractivity contribution in [2.75, 3.05) is 33.4 Å². The van der Waals surface area contributed by atoms with E-state index >= 15 is 0 Å². The molecule has 5 heteroatoms. The molecule has 1 saturated heterocycles. The van der Waals surface area contributed by atoms with Crippen LogP contribution in [0, 0.1) is 5.92 Å². The third-order valence-electron chi connectivity index (χ3n) is 4.21. The van der Waals surface area contributed by atoms with Crippen LogP contribution in [0.15, 0.2) is 18.2 Å². The normalized spacial score (nSPS) is 25.0. The summed E-state index contributed by atoms with van der Waals surface area (Å²) in [4.78, 5) is 14.6. The zero-order chi connectivity index (χ0) is 14.8. The van der Waals surface area contributed by atoms with Gasteiger partial charge in [0.05, 0.1) is 13.0 Å². The summed E-state index contributed by atoms with van der Waals surface area (Å²) in [6.07, 6.45) is 0.746. The van der Waals surface area contributed by atoms with E-state index in [1.54, 1.807) is 7.11 Å². The standard InChI is InChI=1S/C16H22N2O3/c1-11-9-18(6-5-17-11)16(19)13-7-12-3-4-14(20-2)8-15(12)21-10-13/h3-4,8,11,13,17H,5-7,9-10H2,1-2H3. The highest BCUT2D eigenvalue weighted by atomic mass is 16.5. The molecule has 2 unspecified atom stereocenters. The lowest BCUT2D eigenvalue weighted by atomic mass is 9.95. The van der Waals surface area contributed by atoms with E-state index in [1.165, 1.54) is 0 Å². The van der Waals surface area contributed by atoms with Gasteiger partial charge in [-0.3, -0.25) is 4.79 Å². The monoisotopic (exact) mass is 290 g/mol. The summed E-state index contributed by atoms with van der Waals surface area (Å²) < 4.78 is 11.0. The molecule has 1 aromatic carbocycles. The van der Waals surface area contributed by atoms with Crippen molar-refractivity contribution in [3.05, 3.63) is 23.8 Å². The number of nitrogens with one attached hydrogen (secondary N) is 1. The van der Waals surface area contributed by atoms with Crippen molar-refractivity contribution in [3.8, 4) is 11.5 Å². The van der Waals surface area contributed by atoms with E-state index in [9.17, 15) is 4.79 Å². The van der Waals surface area contributed by atoms with Gasteiger partial charge in [-0.1, -0.05) is 6.07 Å². The van der Waals surface area contributed by atoms with Gasteiger partial charge < -0.3 is 19.7 Å². The number of rotatable bonds is 2. The highest BCUT2D eigenvalue weighted by molar-refractivity contribution is 5.80. The lowest BCUT2D eigenvalue weighted by molar-refractivity contribution is -0.138. The summed E-state index contributed by atoms with van der Waals surface area (Å²) in [6, 6.07) is 6.17. The molecule has 1 amide bonds. The molecule has 0 aromatic heterocycles. The average molecular weight is 290 g/mol. The summed E-state index contributed by atoms with van der Waals surface area (Å²) in [6.45, 7) is 5.00. The van der Waals surface area contributed by atoms with E-state index < -0.39 is 0 Å². The first-order valence-corrected chi connectivity index (χ1v) is 7.49. The molecule has 1 fully saturated rings. The number of nitrogens with zero attached hydrogens (tertiary/aromatic N) is 1. The number of piperazine rings is 1. The van der Waals surface area contributed by atoms with E-state index in [2.05, 4.69) is 12.2 Å². The van der Waals surface area contributed by atoms with E-state index in [0.29, 0.717) is 12.6 Å². The maximum Gasteiger partial charge on any atom is 0.229 e. The van der Waals surface area contributed by atoms with Gasteiger partial charge in [-0.15, -0.1) is 0 Å². The van der Waals surface area contributed by atoms with Crippen LogP contribution in [-0.2, 0) is 11.2 Å². The van der Waals surface area contributed by atoms with Crippen LogP contribution in [0.3, 0.4) is 0 Å². The largest absolute Gasteiger partial charge is 0.497 e. The smallest absolute Gasteiger partial charge is 0.229 e. The Balaban J connectivity index is 1.69. The minimum Gasteiger partial charge on any atom is -0.497 e. The molecule has 0 radical (unpaired) electrons. The van der Waals surface area contributed by atoms with E-state index in [1.807, 2.05) is 23.1 Å². The molecule has 0 spiro atoms. The molecule has 2 atom stereocenters. The van der Waals surface area contributed by atoms with Crippen LogP contribution in [0.25, 0.3) is 0 Å². The molecule has 5 nitrogen and oxygen atoms in total. The molecule has 1 aromatic rings. The Hall–Kier alpha value is -1.75. The third kappa shape index (κ3) is 2.97. The number of carbonyl (C=O) groups is 1. The van der Waals surface area contributed by atoms with Crippen LogP contribution in [0.2, 0.25) is 0 Å². The van der Waals surface area contributed by atoms with Crippen molar-refractivity contribution < 1.29 is 14.3 Å². The Kier molecular flexibility index (Phi) is 4.01. The highest BCUT2D eigenvalue weighted by Gasteiger charge is 2.31. The van der Waals surface area contributed by atoms with Crippen molar-refractivity contribution in [2.24, 2.45) is 5.92 Å². The molecule has 0 aliphatic carbocycles. The molecule has 114 valence electrons. The number of benzene rings is 1. The van der Waals surface area contributed by atoms with E-state index in [4.69, 9.17) is 9.47 Å². The maximum absolute atomic E-state index is 12.6. The molecule has 3 rings (SSSR count). The predicted octanol–water partition coefficient (Wildman–Crippen LogP) is 1.07. The van der Waals surface area contributed by atoms with E-state index in [-0.39, 0.29) is 11.8 Å². The molecular formula is C16H22N2O3. The number of hydrogen-bond donors (Lipinski definition) is 1. The fourth-order valence-corrected chi connectivity index (χ4v) is 3.03. The van der Waals surface area contributed by atoms with Gasteiger partial charge in [0.1, 0.15) is 18.1 Å². The zero-order valence-electron chi connectivity index (χ0n) is 12.6. The Morgan fingerprint density at radius 3 is 3.10 bits per heavy atom. The van der Waals surface area contributed by atoms with Crippen LogP contribution in [0.1, 0.15) is 12.5 Å². The summed E-state index contributed by atoms with van der Waals surface area (Å²) >= 11 is 0. The lowest BCUT2D eigenvalue weighted by Gasteiger charge is -2.35. The predicted molar refractivity (Wildman–Crippen MR) is 79.7 cm³/mol. The van der Waals surface area contributed by atoms with Crippen molar-refractivity contribution >= 4 is 5.91 Å². The topological polar surface area (TPSA) is 50.8 Å². The van der Waals surface area contributed by atoms with Gasteiger partial charge in [-0.2, -0.15) is 0 Å². The van der Waals surface area contributed by atoms with Gasteiger partial charge in [-0.05, 0) is 25.0 Å². The van der Waals surface area contributed by atoms with Crippen LogP contribution >= 0.6 is 0 Å². The second-order valence-corrected chi connectivity index (χ2v) is 5.83. The van der Waals surface area contributed by atoms with Gasteiger partial charge >= 0.3 is 0 Å². The zero-order valence-corrected chi connectivity index (χ0v) is 12.6. The Bertz CT molecular complexity index is 532. The van der Waals surface area contributed by atoms with Crippen LogP contribution in [0.4, 0.5) is 0 Å². The first-order valence-electron chi connectivity index (χ1n) is 7.49. The van der Waals surface area contributed by atoms with Crippen LogP contribution < -0.4 is 14.8 Å². The molecule has 0 saturated carbocycles. The second kappa shape index (κ2) is 5.93. The van der Waals surface area contributed by atoms with Gasteiger partial charge in [0.25, 0.3) is 0 Å². The number of fused-ring (bicyclic) bond motifs is 1. The molecule has 2 aliphatic rings. The van der Waals surface area contributed by atoms with Gasteiger partial charge in [0.15, 0.2) is 0 Å². The van der Waals surface area contributed by atoms with Crippen molar-refractivity contribution in [1.82, 2.24) is 10.2 Å². The van der Waals surface area contributed by atoms with Crippen molar-refractivity contribution in [1.29, 1.82) is 0 Å². The van der Waals surface area contributed by atoms with Crippen molar-refractivity contribution in [2.45, 2.75) is 19.4 Å². The summed E-state index contributed by atoms with van der Waals surface area (Å²) in [5, 5.41) is 3.36. The third-order valence-corrected chi connectivity index (χ3v) is 4.21. The number of amides is 1. The average Bonchev–Trinajstić information content (AvgIpc) is 2.53. The highest BCUT2D eigenvalue weighted by Crippen LogP contribution is 2.31. The van der Waals surface area contributed by atoms with Gasteiger partial charge in [-0.25, -0.2) is 0 Å². The van der Waals surface area contributed by atoms with Gasteiger partial charge in [0.2, 0.25) is 5.91 Å². The number of carbonyl (C=O) groups excluding carboxylic acids is 1. The molecule has 0 bridgehead atoms. The number of methoxy groups -OCH3 is 1. The Labute approximate surface area is 125 Å². The minimum atomic E-state index is -0.0730. The fourth-order valence-electron chi connectivity index (χ4n) is 3.03. The minimum absolute atomic E-state index is 0.0730. The SMILES string of the molecule is COc1ccc2c(c1)OCC(C(=O)N1CCNC(C)C1)C2. The lowest BCUT2D eigenvalue weighted by Crippen LogP contribution is -2.53. The summed E-state index contributed by atoms with van der Waals surface area (Å²) in [5.41, 5.74) is 1.09. The first-order chi connectivity index (χ1) is 10.2. The molecule has 2 heterocycles. The van der Waals surface area contributed by atoms with Crippen molar-refractivity contribution in [3.63, 3.8) is 0 Å². The summed E-state index contributed by atoms with van der Waals surface area (Å²) in [7, 11) is 1.64.